The van der Waals surface area contributed by atoms with Crippen LogP contribution in [0.4, 0.5) is 0 Å². The first-order chi connectivity index (χ1) is 4.59. The molecule has 4 nitrogen and oxygen atoms in total. The molecule has 0 saturated carbocycles. The fourth-order valence-corrected chi connectivity index (χ4v) is 0.441. The van der Waals surface area contributed by atoms with Crippen LogP contribution < -0.4 is 11.1 Å². The molecule has 1 amide bonds. The minimum atomic E-state index is -0.584. The first kappa shape index (κ1) is 8.92. The number of hydrogen-bond acceptors (Lipinski definition) is 3. The Morgan fingerprint density at radius 2 is 2.20 bits per heavy atom. The minimum absolute atomic E-state index is 0.0633. The topological polar surface area (TPSA) is 78.9 Å². The number of amides is 1. The lowest BCUT2D eigenvalue weighted by molar-refractivity contribution is -0.122. The summed E-state index contributed by atoms with van der Waals surface area (Å²) in [6, 6.07) is -0.584. The molecular formula is C6H11N3O. The lowest BCUT2D eigenvalue weighted by atomic mass is 10.1. The van der Waals surface area contributed by atoms with Crippen LogP contribution in [0, 0.1) is 17.4 Å². The van der Waals surface area contributed by atoms with Crippen LogP contribution in [0.3, 0.4) is 0 Å². The predicted molar refractivity (Wildman–Crippen MR) is 36.6 cm³/mol. The van der Waals surface area contributed by atoms with Gasteiger partial charge in [-0.3, -0.25) is 10.1 Å². The SMILES string of the molecule is CC(C)[C@H](N)C(=O)NC#N. The summed E-state index contributed by atoms with van der Waals surface area (Å²) in [7, 11) is 0. The van der Waals surface area contributed by atoms with E-state index in [0.29, 0.717) is 0 Å². The van der Waals surface area contributed by atoms with Crippen LogP contribution in [-0.2, 0) is 4.79 Å². The summed E-state index contributed by atoms with van der Waals surface area (Å²) in [4.78, 5) is 10.7. The Labute approximate surface area is 60.0 Å². The number of hydrogen-bond donors (Lipinski definition) is 2. The van der Waals surface area contributed by atoms with E-state index in [0.717, 1.165) is 0 Å². The maximum Gasteiger partial charge on any atom is 0.250 e. The zero-order chi connectivity index (χ0) is 8.15. The third-order valence-corrected chi connectivity index (χ3v) is 1.20. The van der Waals surface area contributed by atoms with Crippen LogP contribution in [0.1, 0.15) is 13.8 Å². The normalized spacial score (nSPS) is 12.3. The molecule has 0 aromatic carbocycles. The first-order valence-corrected chi connectivity index (χ1v) is 3.04. The van der Waals surface area contributed by atoms with Crippen molar-refractivity contribution >= 4 is 5.91 Å². The van der Waals surface area contributed by atoms with E-state index in [1.165, 1.54) is 6.19 Å². The van der Waals surface area contributed by atoms with Gasteiger partial charge in [0.05, 0.1) is 6.04 Å². The number of nitrogens with two attached hydrogens (primary N) is 1. The average Bonchev–Trinajstić information content (AvgIpc) is 1.87. The van der Waals surface area contributed by atoms with Crippen LogP contribution in [0.15, 0.2) is 0 Å². The average molecular weight is 141 g/mol. The zero-order valence-electron chi connectivity index (χ0n) is 6.09. The standard InChI is InChI=1S/C6H11N3O/c1-4(2)5(8)6(10)9-3-7/h4-5H,8H2,1-2H3,(H,9,10)/t5-/m0/s1. The molecule has 0 bridgehead atoms. The summed E-state index contributed by atoms with van der Waals surface area (Å²) in [5.74, 6) is -0.356. The van der Waals surface area contributed by atoms with Gasteiger partial charge in [0.1, 0.15) is 0 Å². The molecule has 10 heavy (non-hydrogen) atoms. The van der Waals surface area contributed by atoms with E-state index >= 15 is 0 Å². The molecule has 0 aliphatic carbocycles. The van der Waals surface area contributed by atoms with E-state index in [9.17, 15) is 4.79 Å². The second-order valence-corrected chi connectivity index (χ2v) is 2.37. The van der Waals surface area contributed by atoms with Crippen LogP contribution in [0.25, 0.3) is 0 Å². The van der Waals surface area contributed by atoms with Gasteiger partial charge < -0.3 is 5.73 Å². The molecule has 0 unspecified atom stereocenters. The van der Waals surface area contributed by atoms with E-state index in [2.05, 4.69) is 0 Å². The van der Waals surface area contributed by atoms with Gasteiger partial charge in [0, 0.05) is 0 Å². The second kappa shape index (κ2) is 3.85. The number of carbonyl (C=O) groups is 1. The van der Waals surface area contributed by atoms with Crippen LogP contribution >= 0.6 is 0 Å². The number of nitrogens with zero attached hydrogens (tertiary/aromatic N) is 1. The van der Waals surface area contributed by atoms with E-state index in [-0.39, 0.29) is 5.92 Å². The van der Waals surface area contributed by atoms with Gasteiger partial charge in [0.25, 0.3) is 0 Å². The number of nitrogens with one attached hydrogen (secondary N) is 1. The van der Waals surface area contributed by atoms with Crippen LogP contribution in [0.5, 0.6) is 0 Å². The summed E-state index contributed by atoms with van der Waals surface area (Å²) in [6.07, 6.45) is 1.52. The van der Waals surface area contributed by atoms with Crippen molar-refractivity contribution in [1.29, 1.82) is 5.26 Å². The highest BCUT2D eigenvalue weighted by Crippen LogP contribution is 1.96. The fourth-order valence-electron chi connectivity index (χ4n) is 0.441. The predicted octanol–water partition coefficient (Wildman–Crippen LogP) is -0.433. The summed E-state index contributed by atoms with van der Waals surface area (Å²) in [5.41, 5.74) is 5.38. The molecule has 56 valence electrons. The molecule has 3 N–H and O–H groups in total. The van der Waals surface area contributed by atoms with Crippen molar-refractivity contribution in [3.8, 4) is 6.19 Å². The Kier molecular flexibility index (Phi) is 3.44. The Hall–Kier alpha value is -1.08. The molecule has 0 aromatic rings. The smallest absolute Gasteiger partial charge is 0.250 e. The van der Waals surface area contributed by atoms with Crippen molar-refractivity contribution in [2.45, 2.75) is 19.9 Å². The highest BCUT2D eigenvalue weighted by atomic mass is 16.2. The van der Waals surface area contributed by atoms with Crippen molar-refractivity contribution in [2.24, 2.45) is 11.7 Å². The van der Waals surface area contributed by atoms with Crippen LogP contribution in [-0.4, -0.2) is 11.9 Å². The van der Waals surface area contributed by atoms with Gasteiger partial charge in [-0.15, -0.1) is 0 Å². The van der Waals surface area contributed by atoms with Crippen molar-refractivity contribution in [3.05, 3.63) is 0 Å². The zero-order valence-corrected chi connectivity index (χ0v) is 6.09. The van der Waals surface area contributed by atoms with Crippen molar-refractivity contribution < 1.29 is 4.79 Å². The quantitative estimate of drug-likeness (QED) is 0.404. The summed E-state index contributed by atoms with van der Waals surface area (Å²) in [5, 5.41) is 10.00. The molecule has 0 aliphatic heterocycles. The van der Waals surface area contributed by atoms with Gasteiger partial charge in [-0.25, -0.2) is 0 Å². The number of carbonyl (C=O) groups excluding carboxylic acids is 1. The molecule has 0 fully saturated rings. The Bertz CT molecular complexity index is 159. The maximum atomic E-state index is 10.7. The van der Waals surface area contributed by atoms with Gasteiger partial charge in [-0.2, -0.15) is 5.26 Å². The third kappa shape index (κ3) is 2.46. The lowest BCUT2D eigenvalue weighted by Crippen LogP contribution is -2.42. The molecule has 0 radical (unpaired) electrons. The fraction of sp³-hybridized carbons (Fsp3) is 0.667. The van der Waals surface area contributed by atoms with E-state index in [1.807, 2.05) is 19.2 Å². The second-order valence-electron chi connectivity index (χ2n) is 2.37. The van der Waals surface area contributed by atoms with Crippen molar-refractivity contribution in [1.82, 2.24) is 5.32 Å². The van der Waals surface area contributed by atoms with Crippen molar-refractivity contribution in [2.75, 3.05) is 0 Å². The molecule has 0 rings (SSSR count). The third-order valence-electron chi connectivity index (χ3n) is 1.20. The Balaban J connectivity index is 3.85. The molecule has 0 aliphatic rings. The summed E-state index contributed by atoms with van der Waals surface area (Å²) >= 11 is 0. The molecule has 4 heteroatoms. The molecule has 0 heterocycles. The van der Waals surface area contributed by atoms with E-state index < -0.39 is 11.9 Å². The first-order valence-electron chi connectivity index (χ1n) is 3.04. The molecule has 0 spiro atoms. The minimum Gasteiger partial charge on any atom is -0.320 e. The molecular weight excluding hydrogens is 130 g/mol. The highest BCUT2D eigenvalue weighted by Gasteiger charge is 2.15. The Morgan fingerprint density at radius 3 is 2.50 bits per heavy atom. The number of nitriles is 1. The molecule has 0 saturated heterocycles. The van der Waals surface area contributed by atoms with Gasteiger partial charge in [0.2, 0.25) is 5.91 Å². The van der Waals surface area contributed by atoms with E-state index in [4.69, 9.17) is 11.0 Å². The van der Waals surface area contributed by atoms with Gasteiger partial charge in [-0.05, 0) is 5.92 Å². The van der Waals surface area contributed by atoms with Gasteiger partial charge >= 0.3 is 0 Å². The summed E-state index contributed by atoms with van der Waals surface area (Å²) in [6.45, 7) is 3.64. The van der Waals surface area contributed by atoms with E-state index in [1.54, 1.807) is 0 Å². The van der Waals surface area contributed by atoms with Crippen molar-refractivity contribution in [3.63, 3.8) is 0 Å². The molecule has 1 atom stereocenters. The lowest BCUT2D eigenvalue weighted by Gasteiger charge is -2.11. The number of rotatable bonds is 2. The maximum absolute atomic E-state index is 10.7. The van der Waals surface area contributed by atoms with Gasteiger partial charge in [0.15, 0.2) is 6.19 Å². The molecule has 0 aromatic heterocycles. The highest BCUT2D eigenvalue weighted by molar-refractivity contribution is 5.82. The Morgan fingerprint density at radius 1 is 1.70 bits per heavy atom. The largest absolute Gasteiger partial charge is 0.320 e. The van der Waals surface area contributed by atoms with Gasteiger partial charge in [-0.1, -0.05) is 13.8 Å². The monoisotopic (exact) mass is 141 g/mol. The summed E-state index contributed by atoms with van der Waals surface area (Å²) < 4.78 is 0. The van der Waals surface area contributed by atoms with Crippen LogP contribution in [0.2, 0.25) is 0 Å².